The molecular formula is C15H12FN3O2. The highest BCUT2D eigenvalue weighted by Crippen LogP contribution is 2.20. The summed E-state index contributed by atoms with van der Waals surface area (Å²) < 4.78 is 24.1. The zero-order valence-electron chi connectivity index (χ0n) is 11.0. The molecule has 0 amide bonds. The predicted octanol–water partition coefficient (Wildman–Crippen LogP) is 3.04. The Hall–Kier alpha value is -2.89. The van der Waals surface area contributed by atoms with Crippen molar-refractivity contribution in [3.8, 4) is 17.1 Å². The van der Waals surface area contributed by atoms with Crippen LogP contribution in [0.3, 0.4) is 0 Å². The van der Waals surface area contributed by atoms with E-state index < -0.39 is 5.82 Å². The minimum absolute atomic E-state index is 0.103. The average Bonchev–Trinajstić information content (AvgIpc) is 2.96. The summed E-state index contributed by atoms with van der Waals surface area (Å²) in [5.74, 6) is 0.702. The summed E-state index contributed by atoms with van der Waals surface area (Å²) in [6.07, 6.45) is 0. The van der Waals surface area contributed by atoms with Crippen LogP contribution in [-0.4, -0.2) is 10.1 Å². The largest absolute Gasteiger partial charge is 0.484 e. The second-order valence-electron chi connectivity index (χ2n) is 4.35. The number of halogens is 1. The van der Waals surface area contributed by atoms with Gasteiger partial charge in [-0.15, -0.1) is 0 Å². The van der Waals surface area contributed by atoms with Gasteiger partial charge in [-0.1, -0.05) is 17.3 Å². The van der Waals surface area contributed by atoms with Crippen LogP contribution in [0.25, 0.3) is 11.4 Å². The van der Waals surface area contributed by atoms with E-state index in [1.54, 1.807) is 42.5 Å². The molecule has 0 atom stereocenters. The molecule has 0 fully saturated rings. The van der Waals surface area contributed by atoms with E-state index in [1.165, 1.54) is 6.07 Å². The van der Waals surface area contributed by atoms with Crippen LogP contribution >= 0.6 is 0 Å². The normalized spacial score (nSPS) is 10.5. The van der Waals surface area contributed by atoms with E-state index >= 15 is 0 Å². The molecule has 1 heterocycles. The molecule has 0 bridgehead atoms. The number of ether oxygens (including phenoxy) is 1. The Kier molecular flexibility index (Phi) is 3.51. The third-order valence-electron chi connectivity index (χ3n) is 2.83. The van der Waals surface area contributed by atoms with Gasteiger partial charge in [0.25, 0.3) is 5.89 Å². The molecule has 3 aromatic rings. The number of anilines is 1. The molecular weight excluding hydrogens is 273 g/mol. The van der Waals surface area contributed by atoms with E-state index in [2.05, 4.69) is 10.1 Å². The Bertz CT molecular complexity index is 741. The van der Waals surface area contributed by atoms with Gasteiger partial charge in [0.15, 0.2) is 6.61 Å². The van der Waals surface area contributed by atoms with E-state index in [-0.39, 0.29) is 18.3 Å². The molecule has 0 aliphatic carbocycles. The molecule has 0 unspecified atom stereocenters. The Morgan fingerprint density at radius 1 is 1.10 bits per heavy atom. The molecule has 106 valence electrons. The maximum absolute atomic E-state index is 13.6. The third kappa shape index (κ3) is 3.00. The molecule has 0 spiro atoms. The maximum atomic E-state index is 13.6. The van der Waals surface area contributed by atoms with Gasteiger partial charge in [-0.2, -0.15) is 4.98 Å². The standard InChI is InChI=1S/C15H12FN3O2/c16-13-4-2-1-3-12(13)15-18-14(21-19-15)9-20-11-7-5-10(17)6-8-11/h1-8H,9,17H2. The lowest BCUT2D eigenvalue weighted by Gasteiger charge is -2.02. The summed E-state index contributed by atoms with van der Waals surface area (Å²) >= 11 is 0. The molecule has 0 aliphatic rings. The van der Waals surface area contributed by atoms with Crippen molar-refractivity contribution in [2.45, 2.75) is 6.61 Å². The predicted molar refractivity (Wildman–Crippen MR) is 74.9 cm³/mol. The Labute approximate surface area is 120 Å². The van der Waals surface area contributed by atoms with E-state index in [0.717, 1.165) is 0 Å². The Morgan fingerprint density at radius 3 is 2.62 bits per heavy atom. The second-order valence-corrected chi connectivity index (χ2v) is 4.35. The third-order valence-corrected chi connectivity index (χ3v) is 2.83. The highest BCUT2D eigenvalue weighted by molar-refractivity contribution is 5.54. The summed E-state index contributed by atoms with van der Waals surface area (Å²) in [4.78, 5) is 4.11. The second kappa shape index (κ2) is 5.62. The van der Waals surface area contributed by atoms with Gasteiger partial charge in [0.2, 0.25) is 5.82 Å². The maximum Gasteiger partial charge on any atom is 0.264 e. The van der Waals surface area contributed by atoms with Crippen molar-refractivity contribution in [1.29, 1.82) is 0 Å². The lowest BCUT2D eigenvalue weighted by molar-refractivity contribution is 0.243. The molecule has 3 rings (SSSR count). The minimum Gasteiger partial charge on any atom is -0.484 e. The van der Waals surface area contributed by atoms with E-state index in [9.17, 15) is 4.39 Å². The fraction of sp³-hybridized carbons (Fsp3) is 0.0667. The van der Waals surface area contributed by atoms with Crippen LogP contribution in [0.5, 0.6) is 5.75 Å². The van der Waals surface area contributed by atoms with Gasteiger partial charge < -0.3 is 15.0 Å². The van der Waals surface area contributed by atoms with Gasteiger partial charge in [0, 0.05) is 5.69 Å². The number of nitrogen functional groups attached to an aromatic ring is 1. The molecule has 5 nitrogen and oxygen atoms in total. The molecule has 0 saturated heterocycles. The van der Waals surface area contributed by atoms with Crippen molar-refractivity contribution in [2.75, 3.05) is 5.73 Å². The topological polar surface area (TPSA) is 74.2 Å². The molecule has 0 aliphatic heterocycles. The number of benzene rings is 2. The highest BCUT2D eigenvalue weighted by Gasteiger charge is 2.12. The SMILES string of the molecule is Nc1ccc(OCc2nc(-c3ccccc3F)no2)cc1. The van der Waals surface area contributed by atoms with Gasteiger partial charge >= 0.3 is 0 Å². The highest BCUT2D eigenvalue weighted by atomic mass is 19.1. The van der Waals surface area contributed by atoms with Crippen LogP contribution < -0.4 is 10.5 Å². The first-order valence-electron chi connectivity index (χ1n) is 6.28. The molecule has 0 radical (unpaired) electrons. The van der Waals surface area contributed by atoms with E-state index in [1.807, 2.05) is 0 Å². The first-order chi connectivity index (χ1) is 10.2. The molecule has 6 heteroatoms. The fourth-order valence-electron chi connectivity index (χ4n) is 1.77. The van der Waals surface area contributed by atoms with Crippen molar-refractivity contribution >= 4 is 5.69 Å². The van der Waals surface area contributed by atoms with Gasteiger partial charge in [0.05, 0.1) is 5.56 Å². The van der Waals surface area contributed by atoms with Crippen molar-refractivity contribution in [1.82, 2.24) is 10.1 Å². The molecule has 21 heavy (non-hydrogen) atoms. The van der Waals surface area contributed by atoms with Crippen LogP contribution in [0.15, 0.2) is 53.1 Å². The number of nitrogens with zero attached hydrogens (tertiary/aromatic N) is 2. The Balaban J connectivity index is 1.71. The van der Waals surface area contributed by atoms with Gasteiger partial charge in [-0.3, -0.25) is 0 Å². The lowest BCUT2D eigenvalue weighted by Crippen LogP contribution is -1.96. The van der Waals surface area contributed by atoms with Gasteiger partial charge in [-0.25, -0.2) is 4.39 Å². The molecule has 2 aromatic carbocycles. The summed E-state index contributed by atoms with van der Waals surface area (Å²) in [5, 5.41) is 3.75. The van der Waals surface area contributed by atoms with Crippen molar-refractivity contribution < 1.29 is 13.7 Å². The zero-order chi connectivity index (χ0) is 14.7. The monoisotopic (exact) mass is 285 g/mol. The lowest BCUT2D eigenvalue weighted by atomic mass is 10.2. The van der Waals surface area contributed by atoms with Crippen LogP contribution in [0.4, 0.5) is 10.1 Å². The van der Waals surface area contributed by atoms with Crippen LogP contribution in [0.1, 0.15) is 5.89 Å². The summed E-state index contributed by atoms with van der Waals surface area (Å²) in [7, 11) is 0. The van der Waals surface area contributed by atoms with Gasteiger partial charge in [-0.05, 0) is 36.4 Å². The van der Waals surface area contributed by atoms with Crippen LogP contribution in [0.2, 0.25) is 0 Å². The van der Waals surface area contributed by atoms with Crippen LogP contribution in [-0.2, 0) is 6.61 Å². The number of aromatic nitrogens is 2. The van der Waals surface area contributed by atoms with E-state index in [0.29, 0.717) is 17.0 Å². The quantitative estimate of drug-likeness (QED) is 0.746. The van der Waals surface area contributed by atoms with Crippen molar-refractivity contribution in [3.63, 3.8) is 0 Å². The first kappa shape index (κ1) is 13.1. The number of rotatable bonds is 4. The van der Waals surface area contributed by atoms with Crippen LogP contribution in [0, 0.1) is 5.82 Å². The number of nitrogens with two attached hydrogens (primary N) is 1. The van der Waals surface area contributed by atoms with Crippen molar-refractivity contribution in [2.24, 2.45) is 0 Å². The van der Waals surface area contributed by atoms with E-state index in [4.69, 9.17) is 15.0 Å². The summed E-state index contributed by atoms with van der Waals surface area (Å²) in [6, 6.07) is 13.2. The number of hydrogen-bond acceptors (Lipinski definition) is 5. The fourth-order valence-corrected chi connectivity index (χ4v) is 1.77. The molecule has 2 N–H and O–H groups in total. The minimum atomic E-state index is -0.399. The van der Waals surface area contributed by atoms with Gasteiger partial charge in [0.1, 0.15) is 11.6 Å². The zero-order valence-corrected chi connectivity index (χ0v) is 11.0. The average molecular weight is 285 g/mol. The molecule has 1 aromatic heterocycles. The Morgan fingerprint density at radius 2 is 1.86 bits per heavy atom. The first-order valence-corrected chi connectivity index (χ1v) is 6.28. The summed E-state index contributed by atoms with van der Waals surface area (Å²) in [6.45, 7) is 0.103. The van der Waals surface area contributed by atoms with Crippen molar-refractivity contribution in [3.05, 3.63) is 60.2 Å². The molecule has 0 saturated carbocycles. The number of hydrogen-bond donors (Lipinski definition) is 1. The smallest absolute Gasteiger partial charge is 0.264 e. The summed E-state index contributed by atoms with van der Waals surface area (Å²) in [5.41, 5.74) is 6.53.